The smallest absolute Gasteiger partial charge is 0.213 e. The molecule has 0 bridgehead atoms. The lowest BCUT2D eigenvalue weighted by Crippen LogP contribution is -2.08. The van der Waals surface area contributed by atoms with E-state index < -0.39 is 5.95 Å². The number of nitrogens with zero attached hydrogens (tertiary/aromatic N) is 1. The number of halogens is 1. The highest BCUT2D eigenvalue weighted by Gasteiger charge is 1.95. The molecule has 4 nitrogen and oxygen atoms in total. The molecular weight excluding hydrogens is 213 g/mol. The van der Waals surface area contributed by atoms with Gasteiger partial charge in [-0.2, -0.15) is 4.39 Å². The number of rotatable bonds is 8. The van der Waals surface area contributed by atoms with Gasteiger partial charge >= 0.3 is 0 Å². The van der Waals surface area contributed by atoms with Crippen LogP contribution in [0.5, 0.6) is 5.75 Å². The van der Waals surface area contributed by atoms with Crippen molar-refractivity contribution in [1.82, 2.24) is 4.98 Å². The number of aromatic nitrogens is 1. The molecule has 0 aliphatic rings. The molecule has 0 aliphatic carbocycles. The van der Waals surface area contributed by atoms with Gasteiger partial charge in [-0.15, -0.1) is 0 Å². The Labute approximate surface area is 94.3 Å². The Hall–Kier alpha value is -1.20. The van der Waals surface area contributed by atoms with Gasteiger partial charge in [0.05, 0.1) is 12.8 Å². The summed E-state index contributed by atoms with van der Waals surface area (Å²) in [5.41, 5.74) is 0. The van der Waals surface area contributed by atoms with E-state index in [4.69, 9.17) is 14.2 Å². The second-order valence-corrected chi connectivity index (χ2v) is 3.12. The highest BCUT2D eigenvalue weighted by molar-refractivity contribution is 5.15. The Bertz CT molecular complexity index is 279. The van der Waals surface area contributed by atoms with Crippen molar-refractivity contribution in [2.24, 2.45) is 0 Å². The van der Waals surface area contributed by atoms with E-state index in [1.807, 2.05) is 0 Å². The standard InChI is InChI=1S/C11H16FNO3/c1-14-5-2-6-15-7-8-16-10-3-4-11(12)13-9-10/h3-4,9H,2,5-8H2,1H3. The van der Waals surface area contributed by atoms with Gasteiger partial charge in [-0.05, 0) is 18.6 Å². The monoisotopic (exact) mass is 229 g/mol. The molecule has 0 atom stereocenters. The van der Waals surface area contributed by atoms with Gasteiger partial charge in [0, 0.05) is 20.3 Å². The van der Waals surface area contributed by atoms with E-state index in [-0.39, 0.29) is 0 Å². The van der Waals surface area contributed by atoms with Gasteiger partial charge in [0.15, 0.2) is 0 Å². The van der Waals surface area contributed by atoms with E-state index in [0.29, 0.717) is 32.2 Å². The van der Waals surface area contributed by atoms with Crippen molar-refractivity contribution in [2.45, 2.75) is 6.42 Å². The normalized spacial score (nSPS) is 10.4. The molecule has 5 heteroatoms. The summed E-state index contributed by atoms with van der Waals surface area (Å²) in [4.78, 5) is 3.47. The van der Waals surface area contributed by atoms with Crippen LogP contribution in [0.4, 0.5) is 4.39 Å². The lowest BCUT2D eigenvalue weighted by atomic mass is 10.4. The Morgan fingerprint density at radius 1 is 1.19 bits per heavy atom. The summed E-state index contributed by atoms with van der Waals surface area (Å²) in [6.45, 7) is 2.28. The quantitative estimate of drug-likeness (QED) is 0.502. The molecule has 16 heavy (non-hydrogen) atoms. The van der Waals surface area contributed by atoms with Crippen molar-refractivity contribution in [3.8, 4) is 5.75 Å². The zero-order valence-corrected chi connectivity index (χ0v) is 9.32. The van der Waals surface area contributed by atoms with Gasteiger partial charge in [-0.3, -0.25) is 0 Å². The van der Waals surface area contributed by atoms with Crippen molar-refractivity contribution in [2.75, 3.05) is 33.5 Å². The first-order chi connectivity index (χ1) is 7.83. The summed E-state index contributed by atoms with van der Waals surface area (Å²) in [6.07, 6.45) is 2.22. The minimum atomic E-state index is -0.511. The van der Waals surface area contributed by atoms with E-state index in [9.17, 15) is 4.39 Å². The van der Waals surface area contributed by atoms with Crippen LogP contribution < -0.4 is 4.74 Å². The number of methoxy groups -OCH3 is 1. The summed E-state index contributed by atoms with van der Waals surface area (Å²) in [5, 5.41) is 0. The summed E-state index contributed by atoms with van der Waals surface area (Å²) in [5.74, 6) is 0.0325. The summed E-state index contributed by atoms with van der Waals surface area (Å²) < 4.78 is 27.9. The summed E-state index contributed by atoms with van der Waals surface area (Å²) in [6, 6.07) is 2.79. The average molecular weight is 229 g/mol. The number of hydrogen-bond acceptors (Lipinski definition) is 4. The van der Waals surface area contributed by atoms with Crippen molar-refractivity contribution in [3.05, 3.63) is 24.3 Å². The third-order valence-electron chi connectivity index (χ3n) is 1.83. The van der Waals surface area contributed by atoms with E-state index in [0.717, 1.165) is 6.42 Å². The zero-order valence-electron chi connectivity index (χ0n) is 9.32. The largest absolute Gasteiger partial charge is 0.490 e. The maximum absolute atomic E-state index is 12.4. The molecule has 0 fully saturated rings. The van der Waals surface area contributed by atoms with E-state index in [1.54, 1.807) is 7.11 Å². The molecule has 0 amide bonds. The third-order valence-corrected chi connectivity index (χ3v) is 1.83. The van der Waals surface area contributed by atoms with Crippen LogP contribution in [0.1, 0.15) is 6.42 Å². The van der Waals surface area contributed by atoms with Gasteiger partial charge in [0.2, 0.25) is 5.95 Å². The minimum absolute atomic E-state index is 0.431. The SMILES string of the molecule is COCCCOCCOc1ccc(F)nc1. The summed E-state index contributed by atoms with van der Waals surface area (Å²) >= 11 is 0. The van der Waals surface area contributed by atoms with Gasteiger partial charge < -0.3 is 14.2 Å². The Kier molecular flexibility index (Phi) is 6.44. The van der Waals surface area contributed by atoms with Gasteiger partial charge in [-0.1, -0.05) is 0 Å². The van der Waals surface area contributed by atoms with Crippen LogP contribution in [0.15, 0.2) is 18.3 Å². The topological polar surface area (TPSA) is 40.6 Å². The molecule has 0 saturated heterocycles. The molecule has 0 aliphatic heterocycles. The van der Waals surface area contributed by atoms with E-state index in [1.165, 1.54) is 18.3 Å². The highest BCUT2D eigenvalue weighted by atomic mass is 19.1. The molecule has 1 aromatic rings. The zero-order chi connectivity index (χ0) is 11.6. The summed E-state index contributed by atoms with van der Waals surface area (Å²) in [7, 11) is 1.66. The molecule has 1 aromatic heterocycles. The average Bonchev–Trinajstić information content (AvgIpc) is 2.30. The van der Waals surface area contributed by atoms with Crippen molar-refractivity contribution < 1.29 is 18.6 Å². The Morgan fingerprint density at radius 3 is 2.75 bits per heavy atom. The number of pyridine rings is 1. The van der Waals surface area contributed by atoms with Gasteiger partial charge in [0.25, 0.3) is 0 Å². The van der Waals surface area contributed by atoms with Crippen LogP contribution in [-0.2, 0) is 9.47 Å². The van der Waals surface area contributed by atoms with Crippen LogP contribution in [0.3, 0.4) is 0 Å². The van der Waals surface area contributed by atoms with Gasteiger partial charge in [0.1, 0.15) is 12.4 Å². The highest BCUT2D eigenvalue weighted by Crippen LogP contribution is 2.07. The maximum Gasteiger partial charge on any atom is 0.213 e. The second-order valence-electron chi connectivity index (χ2n) is 3.12. The fourth-order valence-electron chi connectivity index (χ4n) is 1.07. The first-order valence-corrected chi connectivity index (χ1v) is 5.14. The maximum atomic E-state index is 12.4. The molecule has 0 spiro atoms. The van der Waals surface area contributed by atoms with Crippen molar-refractivity contribution >= 4 is 0 Å². The van der Waals surface area contributed by atoms with Crippen LogP contribution in [-0.4, -0.2) is 38.5 Å². The first kappa shape index (κ1) is 12.9. The Morgan fingerprint density at radius 2 is 2.06 bits per heavy atom. The fraction of sp³-hybridized carbons (Fsp3) is 0.545. The predicted molar refractivity (Wildman–Crippen MR) is 57.0 cm³/mol. The number of hydrogen-bond donors (Lipinski definition) is 0. The van der Waals surface area contributed by atoms with Crippen LogP contribution in [0.25, 0.3) is 0 Å². The molecule has 1 heterocycles. The van der Waals surface area contributed by atoms with Gasteiger partial charge in [-0.25, -0.2) is 4.98 Å². The van der Waals surface area contributed by atoms with Crippen molar-refractivity contribution in [1.29, 1.82) is 0 Å². The Balaban J connectivity index is 2.01. The lowest BCUT2D eigenvalue weighted by Gasteiger charge is -2.06. The molecule has 0 aromatic carbocycles. The lowest BCUT2D eigenvalue weighted by molar-refractivity contribution is 0.0805. The molecule has 1 rings (SSSR count). The van der Waals surface area contributed by atoms with Crippen LogP contribution in [0, 0.1) is 5.95 Å². The van der Waals surface area contributed by atoms with Crippen LogP contribution in [0.2, 0.25) is 0 Å². The third kappa shape index (κ3) is 5.63. The number of ether oxygens (including phenoxy) is 3. The molecule has 0 radical (unpaired) electrons. The molecule has 0 unspecified atom stereocenters. The predicted octanol–water partition coefficient (Wildman–Crippen LogP) is 1.65. The fourth-order valence-corrected chi connectivity index (χ4v) is 1.07. The molecule has 0 N–H and O–H groups in total. The van der Waals surface area contributed by atoms with Crippen molar-refractivity contribution in [3.63, 3.8) is 0 Å². The van der Waals surface area contributed by atoms with Crippen LogP contribution >= 0.6 is 0 Å². The first-order valence-electron chi connectivity index (χ1n) is 5.14. The molecule has 0 saturated carbocycles. The second kappa shape index (κ2) is 8.01. The molecule has 90 valence electrons. The van der Waals surface area contributed by atoms with E-state index in [2.05, 4.69) is 4.98 Å². The molecular formula is C11H16FNO3. The van der Waals surface area contributed by atoms with E-state index >= 15 is 0 Å². The minimum Gasteiger partial charge on any atom is -0.490 e.